The largest absolute Gasteiger partial charge is 0.340 e. The number of nitrogens with zero attached hydrogens (tertiary/aromatic N) is 5. The molecule has 9 heteroatoms. The van der Waals surface area contributed by atoms with Gasteiger partial charge in [0.2, 0.25) is 5.91 Å². The zero-order chi connectivity index (χ0) is 18.5. The number of aryl methyl sites for hydroxylation is 1. The molecule has 0 aliphatic carbocycles. The van der Waals surface area contributed by atoms with E-state index in [1.807, 2.05) is 13.0 Å². The highest BCUT2D eigenvalue weighted by molar-refractivity contribution is 5.95. The number of imidazole rings is 1. The third-order valence-corrected chi connectivity index (χ3v) is 4.76. The van der Waals surface area contributed by atoms with E-state index in [1.165, 1.54) is 24.8 Å². The molecule has 0 radical (unpaired) electrons. The molecule has 8 nitrogen and oxygen atoms in total. The summed E-state index contributed by atoms with van der Waals surface area (Å²) in [5.74, 6) is 0.250. The second kappa shape index (κ2) is 5.70. The zero-order valence-electron chi connectivity index (χ0n) is 14.3. The fourth-order valence-electron chi connectivity index (χ4n) is 3.62. The number of hydrogen-bond acceptors (Lipinski definition) is 5. The molecule has 0 saturated carbocycles. The average molecular weight is 363 g/mol. The molecule has 4 aromatic rings. The van der Waals surface area contributed by atoms with E-state index in [4.69, 9.17) is 0 Å². The molecule has 0 bridgehead atoms. The highest BCUT2D eigenvalue weighted by Gasteiger charge is 2.33. The Bertz CT molecular complexity index is 1200. The van der Waals surface area contributed by atoms with E-state index < -0.39 is 0 Å². The molecule has 4 heterocycles. The maximum Gasteiger partial charge on any atom is 0.226 e. The molecule has 1 aliphatic heterocycles. The van der Waals surface area contributed by atoms with Crippen molar-refractivity contribution in [2.45, 2.75) is 19.3 Å². The first-order valence-corrected chi connectivity index (χ1v) is 8.41. The van der Waals surface area contributed by atoms with Gasteiger partial charge in [0.05, 0.1) is 12.0 Å². The van der Waals surface area contributed by atoms with Crippen LogP contribution in [0.15, 0.2) is 36.9 Å². The summed E-state index contributed by atoms with van der Waals surface area (Å²) >= 11 is 0. The Labute approximate surface area is 152 Å². The Balaban J connectivity index is 1.73. The number of nitrogens with one attached hydrogen (secondary N) is 2. The summed E-state index contributed by atoms with van der Waals surface area (Å²) in [6, 6.07) is 6.32. The smallest absolute Gasteiger partial charge is 0.226 e. The van der Waals surface area contributed by atoms with Crippen LogP contribution in [0.2, 0.25) is 0 Å². The number of aromatic nitrogens is 6. The van der Waals surface area contributed by atoms with E-state index in [9.17, 15) is 9.18 Å². The van der Waals surface area contributed by atoms with Gasteiger partial charge in [0.25, 0.3) is 0 Å². The Kier molecular flexibility index (Phi) is 3.30. The third kappa shape index (κ3) is 2.39. The van der Waals surface area contributed by atoms with Crippen LogP contribution in [0.4, 0.5) is 10.2 Å². The highest BCUT2D eigenvalue weighted by Crippen LogP contribution is 2.40. The SMILES string of the molecule is Cc1nn(-c2ncnc3nc[nH]c23)c2c1C(c1cccc(F)c1)CC(=O)N2. The number of fused-ring (bicyclic) bond motifs is 2. The fourth-order valence-corrected chi connectivity index (χ4v) is 3.62. The summed E-state index contributed by atoms with van der Waals surface area (Å²) in [5, 5.41) is 7.49. The van der Waals surface area contributed by atoms with E-state index in [0.29, 0.717) is 22.8 Å². The van der Waals surface area contributed by atoms with Crippen molar-refractivity contribution in [3.8, 4) is 5.82 Å². The molecule has 0 spiro atoms. The van der Waals surface area contributed by atoms with Crippen molar-refractivity contribution in [1.29, 1.82) is 0 Å². The van der Waals surface area contributed by atoms with Crippen LogP contribution in [0.5, 0.6) is 0 Å². The van der Waals surface area contributed by atoms with Crippen molar-refractivity contribution in [3.63, 3.8) is 0 Å². The molecule has 0 saturated heterocycles. The number of halogens is 1. The lowest BCUT2D eigenvalue weighted by Gasteiger charge is -2.24. The second-order valence-corrected chi connectivity index (χ2v) is 6.42. The summed E-state index contributed by atoms with van der Waals surface area (Å²) in [4.78, 5) is 28.0. The van der Waals surface area contributed by atoms with Gasteiger partial charge < -0.3 is 10.3 Å². The molecular formula is C18H14FN7O. The zero-order valence-corrected chi connectivity index (χ0v) is 14.3. The fraction of sp³-hybridized carbons (Fsp3) is 0.167. The van der Waals surface area contributed by atoms with Crippen molar-refractivity contribution in [1.82, 2.24) is 29.7 Å². The van der Waals surface area contributed by atoms with E-state index in [-0.39, 0.29) is 24.1 Å². The monoisotopic (exact) mass is 363 g/mol. The summed E-state index contributed by atoms with van der Waals surface area (Å²) in [5.41, 5.74) is 3.45. The summed E-state index contributed by atoms with van der Waals surface area (Å²) < 4.78 is 15.3. The predicted octanol–water partition coefficient (Wildman–Crippen LogP) is 2.46. The molecule has 134 valence electrons. The van der Waals surface area contributed by atoms with E-state index in [0.717, 1.165) is 16.8 Å². The van der Waals surface area contributed by atoms with E-state index in [2.05, 4.69) is 30.4 Å². The van der Waals surface area contributed by atoms with Gasteiger partial charge in [0.15, 0.2) is 11.5 Å². The van der Waals surface area contributed by atoms with Gasteiger partial charge in [-0.3, -0.25) is 4.79 Å². The van der Waals surface area contributed by atoms with Crippen LogP contribution < -0.4 is 5.32 Å². The summed E-state index contributed by atoms with van der Waals surface area (Å²) in [7, 11) is 0. The summed E-state index contributed by atoms with van der Waals surface area (Å²) in [6.45, 7) is 1.87. The molecule has 1 atom stereocenters. The minimum absolute atomic E-state index is 0.159. The van der Waals surface area contributed by atoms with Crippen molar-refractivity contribution in [2.24, 2.45) is 0 Å². The Hall–Kier alpha value is -3.62. The minimum Gasteiger partial charge on any atom is -0.340 e. The van der Waals surface area contributed by atoms with Crippen molar-refractivity contribution >= 4 is 22.9 Å². The lowest BCUT2D eigenvalue weighted by atomic mass is 9.86. The van der Waals surface area contributed by atoms with Crippen molar-refractivity contribution in [2.75, 3.05) is 5.32 Å². The third-order valence-electron chi connectivity index (χ3n) is 4.76. The first-order chi connectivity index (χ1) is 13.1. The predicted molar refractivity (Wildman–Crippen MR) is 95.0 cm³/mol. The Morgan fingerprint density at radius 2 is 2.15 bits per heavy atom. The number of anilines is 1. The normalized spacial score (nSPS) is 16.4. The van der Waals surface area contributed by atoms with Gasteiger partial charge in [-0.1, -0.05) is 12.1 Å². The maximum atomic E-state index is 13.8. The number of hydrogen-bond donors (Lipinski definition) is 2. The number of amides is 1. The Morgan fingerprint density at radius 1 is 1.26 bits per heavy atom. The maximum absolute atomic E-state index is 13.8. The van der Waals surface area contributed by atoms with Crippen molar-refractivity contribution in [3.05, 3.63) is 59.6 Å². The van der Waals surface area contributed by atoms with Gasteiger partial charge >= 0.3 is 0 Å². The van der Waals surface area contributed by atoms with E-state index >= 15 is 0 Å². The number of carbonyl (C=O) groups excluding carboxylic acids is 1. The molecule has 5 rings (SSSR count). The van der Waals surface area contributed by atoms with Gasteiger partial charge in [-0.2, -0.15) is 9.78 Å². The molecule has 27 heavy (non-hydrogen) atoms. The summed E-state index contributed by atoms with van der Waals surface area (Å²) in [6.07, 6.45) is 3.16. The van der Waals surface area contributed by atoms with Gasteiger partial charge in [-0.05, 0) is 24.6 Å². The van der Waals surface area contributed by atoms with Crippen LogP contribution in [0.25, 0.3) is 17.0 Å². The van der Waals surface area contributed by atoms with Gasteiger partial charge in [0, 0.05) is 17.9 Å². The van der Waals surface area contributed by atoms with Gasteiger partial charge in [0.1, 0.15) is 23.5 Å². The Morgan fingerprint density at radius 3 is 3.00 bits per heavy atom. The average Bonchev–Trinajstić information content (AvgIpc) is 3.25. The molecule has 1 amide bonds. The first kappa shape index (κ1) is 15.6. The van der Waals surface area contributed by atoms with Crippen LogP contribution in [-0.4, -0.2) is 35.6 Å². The standard InChI is InChI=1S/C18H14FN7O/c1-9-14-12(10-3-2-4-11(19)5-10)6-13(27)24-17(14)26(25-9)18-15-16(21-7-20-15)22-8-23-18/h2-5,7-8,12H,6H2,1H3,(H,24,27)(H,20,21,22,23). The highest BCUT2D eigenvalue weighted by atomic mass is 19.1. The molecular weight excluding hydrogens is 349 g/mol. The van der Waals surface area contributed by atoms with Crippen LogP contribution in [0.3, 0.4) is 0 Å². The number of carbonyl (C=O) groups is 1. The van der Waals surface area contributed by atoms with Gasteiger partial charge in [-0.15, -0.1) is 0 Å². The van der Waals surface area contributed by atoms with E-state index in [1.54, 1.807) is 10.7 Å². The molecule has 1 unspecified atom stereocenters. The molecule has 1 aromatic carbocycles. The number of benzene rings is 1. The van der Waals surface area contributed by atoms with Crippen LogP contribution in [-0.2, 0) is 4.79 Å². The number of aromatic amines is 1. The van der Waals surface area contributed by atoms with Crippen LogP contribution >= 0.6 is 0 Å². The topological polar surface area (TPSA) is 101 Å². The molecule has 3 aromatic heterocycles. The van der Waals surface area contributed by atoms with Crippen molar-refractivity contribution < 1.29 is 9.18 Å². The quantitative estimate of drug-likeness (QED) is 0.570. The minimum atomic E-state index is -0.333. The lowest BCUT2D eigenvalue weighted by molar-refractivity contribution is -0.116. The lowest BCUT2D eigenvalue weighted by Crippen LogP contribution is -2.25. The van der Waals surface area contributed by atoms with Crippen LogP contribution in [0.1, 0.15) is 29.2 Å². The van der Waals surface area contributed by atoms with Gasteiger partial charge in [-0.25, -0.2) is 19.3 Å². The van der Waals surface area contributed by atoms with Crippen LogP contribution in [0, 0.1) is 12.7 Å². The number of H-pyrrole nitrogens is 1. The number of rotatable bonds is 2. The molecule has 2 N–H and O–H groups in total. The first-order valence-electron chi connectivity index (χ1n) is 8.41. The second-order valence-electron chi connectivity index (χ2n) is 6.42. The molecule has 0 fully saturated rings. The molecule has 1 aliphatic rings.